The maximum absolute atomic E-state index is 13.7. The molecule has 0 aliphatic rings. The molecule has 0 radical (unpaired) electrons. The lowest BCUT2D eigenvalue weighted by Crippen LogP contribution is -1.97. The fourth-order valence-corrected chi connectivity index (χ4v) is 2.81. The summed E-state index contributed by atoms with van der Waals surface area (Å²) in [7, 11) is 0. The number of hydrogen-bond acceptors (Lipinski definition) is 3. The van der Waals surface area contributed by atoms with Crippen LogP contribution in [0.25, 0.3) is 5.65 Å². The number of hydrogen-bond donors (Lipinski definition) is 1. The third-order valence-corrected chi connectivity index (χ3v) is 4.03. The van der Waals surface area contributed by atoms with E-state index in [1.165, 1.54) is 30.0 Å². The second-order valence-electron chi connectivity index (χ2n) is 4.44. The molecule has 1 aromatic carbocycles. The molecule has 0 saturated carbocycles. The van der Waals surface area contributed by atoms with Gasteiger partial charge in [-0.2, -0.15) is 0 Å². The first-order valence-corrected chi connectivity index (χ1v) is 7.20. The maximum atomic E-state index is 13.7. The molecule has 21 heavy (non-hydrogen) atoms. The third kappa shape index (κ3) is 2.90. The smallest absolute Gasteiger partial charge is 0.335 e. The van der Waals surface area contributed by atoms with Crippen molar-refractivity contribution in [3.63, 3.8) is 0 Å². The van der Waals surface area contributed by atoms with Gasteiger partial charge in [0.15, 0.2) is 0 Å². The summed E-state index contributed by atoms with van der Waals surface area (Å²) in [5.74, 6) is -1.01. The first-order valence-electron chi connectivity index (χ1n) is 6.22. The van der Waals surface area contributed by atoms with Crippen LogP contribution in [0.4, 0.5) is 4.39 Å². The Hall–Kier alpha value is -2.34. The van der Waals surface area contributed by atoms with Crippen molar-refractivity contribution in [2.45, 2.75) is 10.6 Å². The van der Waals surface area contributed by atoms with E-state index in [1.807, 2.05) is 35.0 Å². The largest absolute Gasteiger partial charge is 0.478 e. The molecule has 4 nitrogen and oxygen atoms in total. The summed E-state index contributed by atoms with van der Waals surface area (Å²) >= 11 is 1.23. The van der Waals surface area contributed by atoms with Gasteiger partial charge in [0.05, 0.1) is 11.3 Å². The molecular weight excluding hydrogens is 291 g/mol. The van der Waals surface area contributed by atoms with E-state index < -0.39 is 11.8 Å². The summed E-state index contributed by atoms with van der Waals surface area (Å²) in [4.78, 5) is 15.6. The lowest BCUT2D eigenvalue weighted by molar-refractivity contribution is 0.0696. The number of rotatable bonds is 4. The number of fused-ring (bicyclic) bond motifs is 1. The molecule has 6 heteroatoms. The predicted octanol–water partition coefficient (Wildman–Crippen LogP) is 3.46. The van der Waals surface area contributed by atoms with Crippen molar-refractivity contribution in [1.82, 2.24) is 9.38 Å². The number of imidazole rings is 1. The Morgan fingerprint density at radius 3 is 2.95 bits per heavy atom. The molecule has 0 saturated heterocycles. The monoisotopic (exact) mass is 302 g/mol. The van der Waals surface area contributed by atoms with Gasteiger partial charge in [0, 0.05) is 23.0 Å². The normalized spacial score (nSPS) is 10.9. The lowest BCUT2D eigenvalue weighted by atomic mass is 10.2. The van der Waals surface area contributed by atoms with E-state index in [0.717, 1.165) is 11.3 Å². The molecule has 106 valence electrons. The van der Waals surface area contributed by atoms with Crippen molar-refractivity contribution in [3.05, 3.63) is 65.9 Å². The average Bonchev–Trinajstić information content (AvgIpc) is 2.89. The standard InChI is InChI=1S/C15H11FN2O2S/c16-12-5-4-10(15(19)20)7-13(12)21-9-11-8-18-6-2-1-3-14(18)17-11/h1-8H,9H2,(H,19,20). The van der Waals surface area contributed by atoms with E-state index in [9.17, 15) is 9.18 Å². The SMILES string of the molecule is O=C(O)c1ccc(F)c(SCc2cn3ccccc3n2)c1. The van der Waals surface area contributed by atoms with Crippen LogP contribution >= 0.6 is 11.8 Å². The van der Waals surface area contributed by atoms with E-state index in [1.54, 1.807) is 0 Å². The molecule has 0 amide bonds. The molecule has 0 aliphatic heterocycles. The van der Waals surface area contributed by atoms with Gasteiger partial charge in [-0.15, -0.1) is 11.8 Å². The Labute approximate surface area is 124 Å². The summed E-state index contributed by atoms with van der Waals surface area (Å²) < 4.78 is 15.6. The number of aromatic nitrogens is 2. The zero-order chi connectivity index (χ0) is 14.8. The summed E-state index contributed by atoms with van der Waals surface area (Å²) in [5.41, 5.74) is 1.72. The van der Waals surface area contributed by atoms with Gasteiger partial charge in [-0.1, -0.05) is 6.07 Å². The summed E-state index contributed by atoms with van der Waals surface area (Å²) in [6.07, 6.45) is 3.77. The lowest BCUT2D eigenvalue weighted by Gasteiger charge is -2.03. The minimum Gasteiger partial charge on any atom is -0.478 e. The van der Waals surface area contributed by atoms with Crippen LogP contribution in [0, 0.1) is 5.82 Å². The van der Waals surface area contributed by atoms with Crippen molar-refractivity contribution >= 4 is 23.4 Å². The highest BCUT2D eigenvalue weighted by Gasteiger charge is 2.10. The van der Waals surface area contributed by atoms with Gasteiger partial charge in [0.2, 0.25) is 0 Å². The molecule has 0 atom stereocenters. The first kappa shape index (κ1) is 13.6. The molecule has 2 heterocycles. The van der Waals surface area contributed by atoms with Crippen LogP contribution in [-0.2, 0) is 5.75 Å². The van der Waals surface area contributed by atoms with Crippen LogP contribution in [-0.4, -0.2) is 20.5 Å². The number of carbonyl (C=O) groups is 1. The van der Waals surface area contributed by atoms with Gasteiger partial charge >= 0.3 is 5.97 Å². The number of carboxylic acid groups (broad SMARTS) is 1. The Balaban J connectivity index is 1.80. The number of pyridine rings is 1. The number of halogens is 1. The number of benzene rings is 1. The second kappa shape index (κ2) is 5.57. The number of aromatic carboxylic acids is 1. The Morgan fingerprint density at radius 2 is 2.19 bits per heavy atom. The van der Waals surface area contributed by atoms with Gasteiger partial charge in [-0.25, -0.2) is 14.2 Å². The van der Waals surface area contributed by atoms with Gasteiger partial charge in [-0.3, -0.25) is 0 Å². The number of thioether (sulfide) groups is 1. The van der Waals surface area contributed by atoms with Crippen LogP contribution in [0.3, 0.4) is 0 Å². The molecule has 0 aliphatic carbocycles. The van der Waals surface area contributed by atoms with Crippen LogP contribution < -0.4 is 0 Å². The summed E-state index contributed by atoms with van der Waals surface area (Å²) in [5, 5.41) is 8.93. The van der Waals surface area contributed by atoms with Crippen LogP contribution in [0.15, 0.2) is 53.7 Å². The second-order valence-corrected chi connectivity index (χ2v) is 5.45. The Morgan fingerprint density at radius 1 is 1.33 bits per heavy atom. The molecule has 2 aromatic heterocycles. The summed E-state index contributed by atoms with van der Waals surface area (Å²) in [6, 6.07) is 9.47. The number of carboxylic acids is 1. The van der Waals surface area contributed by atoms with Crippen LogP contribution in [0.2, 0.25) is 0 Å². The minimum atomic E-state index is -1.07. The summed E-state index contributed by atoms with van der Waals surface area (Å²) in [6.45, 7) is 0. The average molecular weight is 302 g/mol. The van der Waals surface area contributed by atoms with E-state index >= 15 is 0 Å². The predicted molar refractivity (Wildman–Crippen MR) is 78.1 cm³/mol. The van der Waals surface area contributed by atoms with Gasteiger partial charge < -0.3 is 9.51 Å². The van der Waals surface area contributed by atoms with E-state index in [-0.39, 0.29) is 5.56 Å². The zero-order valence-corrected chi connectivity index (χ0v) is 11.7. The van der Waals surface area contributed by atoms with Crippen LogP contribution in [0.5, 0.6) is 0 Å². The quantitative estimate of drug-likeness (QED) is 0.750. The van der Waals surface area contributed by atoms with E-state index in [0.29, 0.717) is 10.6 Å². The van der Waals surface area contributed by atoms with E-state index in [4.69, 9.17) is 5.11 Å². The highest BCUT2D eigenvalue weighted by Crippen LogP contribution is 2.26. The highest BCUT2D eigenvalue weighted by atomic mass is 32.2. The molecule has 3 aromatic rings. The topological polar surface area (TPSA) is 54.6 Å². The third-order valence-electron chi connectivity index (χ3n) is 2.97. The van der Waals surface area contributed by atoms with Crippen LogP contribution in [0.1, 0.15) is 16.1 Å². The van der Waals surface area contributed by atoms with Gasteiger partial charge in [0.25, 0.3) is 0 Å². The molecule has 0 spiro atoms. The molecule has 3 rings (SSSR count). The van der Waals surface area contributed by atoms with Crippen molar-refractivity contribution in [2.24, 2.45) is 0 Å². The highest BCUT2D eigenvalue weighted by molar-refractivity contribution is 7.98. The maximum Gasteiger partial charge on any atom is 0.335 e. The number of nitrogens with zero attached hydrogens (tertiary/aromatic N) is 2. The van der Waals surface area contributed by atoms with Crippen molar-refractivity contribution < 1.29 is 14.3 Å². The Bertz CT molecular complexity index is 783. The molecular formula is C15H11FN2O2S. The fourth-order valence-electron chi connectivity index (χ4n) is 1.96. The Kier molecular flexibility index (Phi) is 3.62. The minimum absolute atomic E-state index is 0.0777. The van der Waals surface area contributed by atoms with Gasteiger partial charge in [0.1, 0.15) is 11.5 Å². The van der Waals surface area contributed by atoms with E-state index in [2.05, 4.69) is 4.98 Å². The zero-order valence-electron chi connectivity index (χ0n) is 10.9. The van der Waals surface area contributed by atoms with Crippen molar-refractivity contribution in [1.29, 1.82) is 0 Å². The molecule has 1 N–H and O–H groups in total. The van der Waals surface area contributed by atoms with Crippen molar-refractivity contribution in [3.8, 4) is 0 Å². The fraction of sp³-hybridized carbons (Fsp3) is 0.0667. The van der Waals surface area contributed by atoms with Crippen molar-refractivity contribution in [2.75, 3.05) is 0 Å². The molecule has 0 bridgehead atoms. The molecule has 0 fully saturated rings. The first-order chi connectivity index (χ1) is 10.1. The molecule has 0 unspecified atom stereocenters. The van der Waals surface area contributed by atoms with Gasteiger partial charge in [-0.05, 0) is 30.3 Å².